The summed E-state index contributed by atoms with van der Waals surface area (Å²) in [5.74, 6) is -0.0626. The molecule has 1 aromatic rings. The molecule has 1 saturated carbocycles. The fraction of sp³-hybridized carbons (Fsp3) is 0.654. The molecule has 5 nitrogen and oxygen atoms in total. The van der Waals surface area contributed by atoms with Crippen molar-refractivity contribution >= 4 is 17.7 Å². The summed E-state index contributed by atoms with van der Waals surface area (Å²) < 4.78 is 0. The van der Waals surface area contributed by atoms with Gasteiger partial charge in [-0.25, -0.2) is 0 Å². The second-order valence-electron chi connectivity index (χ2n) is 9.14. The highest BCUT2D eigenvalue weighted by molar-refractivity contribution is 6.21. The van der Waals surface area contributed by atoms with Gasteiger partial charge >= 0.3 is 0 Å². The molecule has 0 unspecified atom stereocenters. The van der Waals surface area contributed by atoms with Gasteiger partial charge in [-0.2, -0.15) is 0 Å². The van der Waals surface area contributed by atoms with Gasteiger partial charge in [0.05, 0.1) is 11.1 Å². The van der Waals surface area contributed by atoms with E-state index in [1.165, 1.54) is 49.8 Å². The van der Waals surface area contributed by atoms with Crippen LogP contribution in [-0.4, -0.2) is 35.2 Å². The molecule has 0 bridgehead atoms. The Morgan fingerprint density at radius 3 is 1.87 bits per heavy atom. The lowest BCUT2D eigenvalue weighted by molar-refractivity contribution is -0.122. The van der Waals surface area contributed by atoms with Crippen LogP contribution in [0.25, 0.3) is 0 Å². The van der Waals surface area contributed by atoms with Crippen molar-refractivity contribution in [2.24, 2.45) is 0 Å². The van der Waals surface area contributed by atoms with E-state index in [2.05, 4.69) is 5.32 Å². The number of unbranched alkanes of at least 4 members (excludes halogenated alkanes) is 7. The highest BCUT2D eigenvalue weighted by atomic mass is 16.2. The van der Waals surface area contributed by atoms with Gasteiger partial charge in [0.25, 0.3) is 11.8 Å². The number of carbonyl (C=O) groups excluding carboxylic acids is 3. The first-order valence-corrected chi connectivity index (χ1v) is 12.4. The molecule has 1 aromatic carbocycles. The molecule has 1 aliphatic heterocycles. The molecule has 1 fully saturated rings. The van der Waals surface area contributed by atoms with E-state index in [0.717, 1.165) is 44.9 Å². The smallest absolute Gasteiger partial charge is 0.261 e. The van der Waals surface area contributed by atoms with E-state index in [1.807, 2.05) is 0 Å². The first kappa shape index (κ1) is 23.5. The minimum absolute atomic E-state index is 0.149. The van der Waals surface area contributed by atoms with Gasteiger partial charge < -0.3 is 5.32 Å². The number of carbonyl (C=O) groups is 3. The van der Waals surface area contributed by atoms with Crippen LogP contribution < -0.4 is 5.32 Å². The van der Waals surface area contributed by atoms with Crippen molar-refractivity contribution in [1.82, 2.24) is 10.2 Å². The van der Waals surface area contributed by atoms with Gasteiger partial charge in [-0.3, -0.25) is 19.3 Å². The van der Waals surface area contributed by atoms with Crippen molar-refractivity contribution in [3.05, 3.63) is 35.4 Å². The topological polar surface area (TPSA) is 66.5 Å². The zero-order valence-corrected chi connectivity index (χ0v) is 18.9. The quantitative estimate of drug-likeness (QED) is 0.267. The first-order valence-electron chi connectivity index (χ1n) is 12.4. The summed E-state index contributed by atoms with van der Waals surface area (Å²) in [6, 6.07) is 7.48. The summed E-state index contributed by atoms with van der Waals surface area (Å²) in [6.07, 6.45) is 16.8. The predicted molar refractivity (Wildman–Crippen MR) is 123 cm³/mol. The third-order valence-corrected chi connectivity index (χ3v) is 6.63. The van der Waals surface area contributed by atoms with Crippen LogP contribution in [0.2, 0.25) is 0 Å². The number of nitrogens with one attached hydrogen (secondary N) is 1. The molecule has 170 valence electrons. The Bertz CT molecular complexity index is 703. The lowest BCUT2D eigenvalue weighted by atomic mass is 10.1. The van der Waals surface area contributed by atoms with Crippen LogP contribution in [0.4, 0.5) is 0 Å². The molecule has 0 radical (unpaired) electrons. The molecule has 31 heavy (non-hydrogen) atoms. The number of rotatable bonds is 12. The van der Waals surface area contributed by atoms with E-state index >= 15 is 0 Å². The van der Waals surface area contributed by atoms with Gasteiger partial charge in [0.1, 0.15) is 0 Å². The van der Waals surface area contributed by atoms with E-state index in [0.29, 0.717) is 30.1 Å². The van der Waals surface area contributed by atoms with Crippen molar-refractivity contribution in [2.45, 2.75) is 102 Å². The van der Waals surface area contributed by atoms with Gasteiger partial charge in [-0.15, -0.1) is 0 Å². The first-order chi connectivity index (χ1) is 15.2. The predicted octanol–water partition coefficient (Wildman–Crippen LogP) is 5.63. The Balaban J connectivity index is 1.16. The van der Waals surface area contributed by atoms with E-state index in [9.17, 15) is 14.4 Å². The van der Waals surface area contributed by atoms with E-state index in [1.54, 1.807) is 24.3 Å². The molecule has 0 aromatic heterocycles. The van der Waals surface area contributed by atoms with Crippen LogP contribution in [0.15, 0.2) is 24.3 Å². The Morgan fingerprint density at radius 2 is 1.29 bits per heavy atom. The number of amides is 3. The third kappa shape index (κ3) is 7.19. The zero-order chi connectivity index (χ0) is 21.9. The summed E-state index contributed by atoms with van der Waals surface area (Å²) in [7, 11) is 0. The van der Waals surface area contributed by atoms with Crippen molar-refractivity contribution < 1.29 is 14.4 Å². The maximum Gasteiger partial charge on any atom is 0.261 e. The molecule has 2 aliphatic rings. The minimum Gasteiger partial charge on any atom is -0.353 e. The largest absolute Gasteiger partial charge is 0.353 e. The lowest BCUT2D eigenvalue weighted by Crippen LogP contribution is -2.34. The van der Waals surface area contributed by atoms with Crippen molar-refractivity contribution in [3.63, 3.8) is 0 Å². The number of fused-ring (bicyclic) bond motifs is 1. The number of hydrogen-bond donors (Lipinski definition) is 1. The fourth-order valence-corrected chi connectivity index (χ4v) is 4.78. The van der Waals surface area contributed by atoms with Crippen LogP contribution >= 0.6 is 0 Å². The maximum atomic E-state index is 12.3. The van der Waals surface area contributed by atoms with E-state index < -0.39 is 0 Å². The minimum atomic E-state index is -0.149. The molecule has 1 heterocycles. The number of nitrogens with zero attached hydrogens (tertiary/aromatic N) is 1. The molecule has 0 saturated heterocycles. The van der Waals surface area contributed by atoms with Crippen LogP contribution in [0.5, 0.6) is 0 Å². The van der Waals surface area contributed by atoms with Crippen LogP contribution in [-0.2, 0) is 4.79 Å². The normalized spacial score (nSPS) is 17.0. The van der Waals surface area contributed by atoms with E-state index in [-0.39, 0.29) is 17.7 Å². The summed E-state index contributed by atoms with van der Waals surface area (Å²) in [5.41, 5.74) is 1.07. The average molecular weight is 427 g/mol. The van der Waals surface area contributed by atoms with Crippen LogP contribution in [0.1, 0.15) is 117 Å². The second-order valence-corrected chi connectivity index (χ2v) is 9.14. The third-order valence-electron chi connectivity index (χ3n) is 6.63. The van der Waals surface area contributed by atoms with Crippen molar-refractivity contribution in [3.8, 4) is 0 Å². The highest BCUT2D eigenvalue weighted by Crippen LogP contribution is 2.23. The Morgan fingerprint density at radius 1 is 0.774 bits per heavy atom. The SMILES string of the molecule is O=C(CCCCCCCCCCN1C(=O)c2ccccc2C1=O)NC1CCCCCC1. The molecule has 0 atom stereocenters. The fourth-order valence-electron chi connectivity index (χ4n) is 4.78. The second kappa shape index (κ2) is 12.6. The van der Waals surface area contributed by atoms with Crippen LogP contribution in [0, 0.1) is 0 Å². The number of imide groups is 1. The van der Waals surface area contributed by atoms with Crippen molar-refractivity contribution in [1.29, 1.82) is 0 Å². The summed E-state index contributed by atoms with van der Waals surface area (Å²) >= 11 is 0. The molecular weight excluding hydrogens is 388 g/mol. The van der Waals surface area contributed by atoms with Crippen molar-refractivity contribution in [2.75, 3.05) is 6.54 Å². The monoisotopic (exact) mass is 426 g/mol. The van der Waals surface area contributed by atoms with Gasteiger partial charge in [0, 0.05) is 19.0 Å². The van der Waals surface area contributed by atoms with Gasteiger partial charge in [0.15, 0.2) is 0 Å². The van der Waals surface area contributed by atoms with Crippen LogP contribution in [0.3, 0.4) is 0 Å². The Hall–Kier alpha value is -2.17. The number of hydrogen-bond acceptors (Lipinski definition) is 3. The molecular formula is C26H38N2O3. The summed E-state index contributed by atoms with van der Waals surface area (Å²) in [5, 5.41) is 3.23. The average Bonchev–Trinajstić information content (AvgIpc) is 2.94. The molecule has 0 spiro atoms. The van der Waals surface area contributed by atoms with Gasteiger partial charge in [-0.05, 0) is 37.8 Å². The number of benzene rings is 1. The van der Waals surface area contributed by atoms with E-state index in [4.69, 9.17) is 0 Å². The molecule has 1 N–H and O–H groups in total. The highest BCUT2D eigenvalue weighted by Gasteiger charge is 2.34. The van der Waals surface area contributed by atoms with Gasteiger partial charge in [-0.1, -0.05) is 76.3 Å². The molecule has 3 rings (SSSR count). The molecule has 1 aliphatic carbocycles. The Kier molecular flexibility index (Phi) is 9.57. The Labute approximate surface area is 187 Å². The summed E-state index contributed by atoms with van der Waals surface area (Å²) in [6.45, 7) is 0.516. The molecule has 5 heteroatoms. The molecule has 3 amide bonds. The lowest BCUT2D eigenvalue weighted by Gasteiger charge is -2.16. The standard InChI is InChI=1S/C26H38N2O3/c29-24(27-21-15-9-6-7-10-16-21)19-11-5-3-1-2-4-8-14-20-28-25(30)22-17-12-13-18-23(22)26(28)31/h12-13,17-18,21H,1-11,14-16,19-20H2,(H,27,29). The maximum absolute atomic E-state index is 12.3. The van der Waals surface area contributed by atoms with Gasteiger partial charge in [0.2, 0.25) is 5.91 Å². The summed E-state index contributed by atoms with van der Waals surface area (Å²) in [4.78, 5) is 38.1. The zero-order valence-electron chi connectivity index (χ0n) is 18.9.